The van der Waals surface area contributed by atoms with E-state index in [1.165, 1.54) is 6.07 Å². The number of halogens is 2. The van der Waals surface area contributed by atoms with Gasteiger partial charge in [-0.3, -0.25) is 4.99 Å². The van der Waals surface area contributed by atoms with Gasteiger partial charge in [-0.2, -0.15) is 0 Å². The van der Waals surface area contributed by atoms with Crippen molar-refractivity contribution in [2.45, 2.75) is 13.0 Å². The van der Waals surface area contributed by atoms with Crippen LogP contribution < -0.4 is 10.6 Å². The van der Waals surface area contributed by atoms with Crippen molar-refractivity contribution in [1.29, 1.82) is 0 Å². The number of aliphatic imine (C=N–C) groups is 1. The zero-order valence-electron chi connectivity index (χ0n) is 14.7. The number of rotatable bonds is 7. The first-order valence-electron chi connectivity index (χ1n) is 8.14. The zero-order valence-corrected chi connectivity index (χ0v) is 17.0. The van der Waals surface area contributed by atoms with Gasteiger partial charge < -0.3 is 15.5 Å². The van der Waals surface area contributed by atoms with Crippen LogP contribution in [0.3, 0.4) is 0 Å². The van der Waals surface area contributed by atoms with Crippen molar-refractivity contribution < 1.29 is 4.39 Å². The highest BCUT2D eigenvalue weighted by atomic mass is 127. The molecule has 2 rings (SSSR count). The molecule has 0 unspecified atom stereocenters. The zero-order chi connectivity index (χ0) is 17.2. The number of para-hydroxylation sites is 1. The maximum absolute atomic E-state index is 13.3. The summed E-state index contributed by atoms with van der Waals surface area (Å²) in [6, 6.07) is 16.8. The molecule has 0 aliphatic carbocycles. The smallest absolute Gasteiger partial charge is 0.193 e. The van der Waals surface area contributed by atoms with E-state index in [1.54, 1.807) is 19.2 Å². The summed E-state index contributed by atoms with van der Waals surface area (Å²) < 4.78 is 13.3. The highest BCUT2D eigenvalue weighted by Crippen LogP contribution is 2.06. The Bertz CT molecular complexity index is 649. The summed E-state index contributed by atoms with van der Waals surface area (Å²) in [4.78, 5) is 6.27. The van der Waals surface area contributed by atoms with Crippen LogP contribution >= 0.6 is 24.0 Å². The summed E-state index contributed by atoms with van der Waals surface area (Å²) in [5.41, 5.74) is 2.05. The lowest BCUT2D eigenvalue weighted by Crippen LogP contribution is -2.39. The molecule has 0 saturated carbocycles. The Morgan fingerprint density at radius 2 is 1.84 bits per heavy atom. The van der Waals surface area contributed by atoms with E-state index in [2.05, 4.69) is 27.8 Å². The standard InChI is InChI=1S/C19H25FN4.HI/c1-21-19(24(2)15-16-8-6-9-17(20)14-16)23-13-7-12-22-18-10-4-3-5-11-18;/h3-6,8-11,14,22H,7,12-13,15H2,1-2H3,(H,21,23);1H. The van der Waals surface area contributed by atoms with Crippen LogP contribution in [0.2, 0.25) is 0 Å². The molecule has 2 N–H and O–H groups in total. The number of hydrogen-bond donors (Lipinski definition) is 2. The Labute approximate surface area is 166 Å². The van der Waals surface area contributed by atoms with Gasteiger partial charge in [0, 0.05) is 39.4 Å². The molecule has 2 aromatic rings. The van der Waals surface area contributed by atoms with E-state index in [4.69, 9.17) is 0 Å². The van der Waals surface area contributed by atoms with E-state index < -0.39 is 0 Å². The lowest BCUT2D eigenvalue weighted by atomic mass is 10.2. The molecule has 0 saturated heterocycles. The lowest BCUT2D eigenvalue weighted by molar-refractivity contribution is 0.474. The molecule has 4 nitrogen and oxygen atoms in total. The fraction of sp³-hybridized carbons (Fsp3) is 0.316. The Kier molecular flexibility index (Phi) is 9.91. The maximum atomic E-state index is 13.3. The van der Waals surface area contributed by atoms with Gasteiger partial charge in [0.15, 0.2) is 5.96 Å². The summed E-state index contributed by atoms with van der Waals surface area (Å²) >= 11 is 0. The van der Waals surface area contributed by atoms with Crippen LogP contribution in [0, 0.1) is 5.82 Å². The van der Waals surface area contributed by atoms with Crippen molar-refractivity contribution in [1.82, 2.24) is 10.2 Å². The highest BCUT2D eigenvalue weighted by Gasteiger charge is 2.06. The molecule has 0 bridgehead atoms. The second-order valence-corrected chi connectivity index (χ2v) is 5.61. The van der Waals surface area contributed by atoms with Gasteiger partial charge in [0.2, 0.25) is 0 Å². The predicted octanol–water partition coefficient (Wildman–Crippen LogP) is 3.95. The van der Waals surface area contributed by atoms with Gasteiger partial charge in [-0.15, -0.1) is 24.0 Å². The normalized spacial score (nSPS) is 10.8. The Balaban J connectivity index is 0.00000312. The van der Waals surface area contributed by atoms with Gasteiger partial charge in [0.05, 0.1) is 0 Å². The van der Waals surface area contributed by atoms with Crippen LogP contribution in [0.4, 0.5) is 10.1 Å². The van der Waals surface area contributed by atoms with Crippen LogP contribution in [0.15, 0.2) is 59.6 Å². The lowest BCUT2D eigenvalue weighted by Gasteiger charge is -2.22. The monoisotopic (exact) mass is 456 g/mol. The van der Waals surface area contributed by atoms with Crippen LogP contribution in [0.1, 0.15) is 12.0 Å². The van der Waals surface area contributed by atoms with E-state index in [0.29, 0.717) is 6.54 Å². The number of benzene rings is 2. The SMILES string of the molecule is CN=C(NCCCNc1ccccc1)N(C)Cc1cccc(F)c1.I. The molecular weight excluding hydrogens is 430 g/mol. The van der Waals surface area contributed by atoms with Gasteiger partial charge >= 0.3 is 0 Å². The first kappa shape index (κ1) is 21.2. The van der Waals surface area contributed by atoms with Crippen LogP contribution in [0.25, 0.3) is 0 Å². The van der Waals surface area contributed by atoms with Gasteiger partial charge in [0.1, 0.15) is 5.82 Å². The third kappa shape index (κ3) is 7.72. The first-order valence-corrected chi connectivity index (χ1v) is 8.14. The minimum Gasteiger partial charge on any atom is -0.385 e. The fourth-order valence-electron chi connectivity index (χ4n) is 2.45. The Hall–Kier alpha value is -1.83. The number of nitrogens with zero attached hydrogens (tertiary/aromatic N) is 2. The quantitative estimate of drug-likeness (QED) is 0.287. The molecular formula is C19H26FIN4. The van der Waals surface area contributed by atoms with Crippen LogP contribution in [-0.4, -0.2) is 38.0 Å². The Morgan fingerprint density at radius 3 is 2.52 bits per heavy atom. The van der Waals surface area contributed by atoms with E-state index in [1.807, 2.05) is 36.2 Å². The van der Waals surface area contributed by atoms with E-state index in [0.717, 1.165) is 36.7 Å². The van der Waals surface area contributed by atoms with Gasteiger partial charge in [0.25, 0.3) is 0 Å². The second-order valence-electron chi connectivity index (χ2n) is 5.61. The number of hydrogen-bond acceptors (Lipinski definition) is 2. The van der Waals surface area contributed by atoms with Gasteiger partial charge in [-0.05, 0) is 36.2 Å². The molecule has 2 aromatic carbocycles. The van der Waals surface area contributed by atoms with E-state index in [9.17, 15) is 4.39 Å². The highest BCUT2D eigenvalue weighted by molar-refractivity contribution is 14.0. The molecule has 6 heteroatoms. The topological polar surface area (TPSA) is 39.7 Å². The van der Waals surface area contributed by atoms with Crippen molar-refractivity contribution in [3.05, 3.63) is 66.0 Å². The minimum atomic E-state index is -0.212. The molecule has 0 atom stereocenters. The molecule has 0 fully saturated rings. The number of guanidine groups is 1. The molecule has 0 radical (unpaired) electrons. The first-order chi connectivity index (χ1) is 11.7. The largest absolute Gasteiger partial charge is 0.385 e. The van der Waals surface area contributed by atoms with Crippen LogP contribution in [0.5, 0.6) is 0 Å². The molecule has 0 aliphatic heterocycles. The third-order valence-corrected chi connectivity index (χ3v) is 3.62. The molecule has 0 heterocycles. The van der Waals surface area contributed by atoms with Gasteiger partial charge in [-0.1, -0.05) is 30.3 Å². The molecule has 0 spiro atoms. The van der Waals surface area contributed by atoms with E-state index in [-0.39, 0.29) is 29.8 Å². The van der Waals surface area contributed by atoms with Crippen LogP contribution in [-0.2, 0) is 6.54 Å². The average Bonchev–Trinajstić information content (AvgIpc) is 2.59. The van der Waals surface area contributed by atoms with Crippen molar-refractivity contribution in [2.75, 3.05) is 32.5 Å². The molecule has 0 aliphatic rings. The summed E-state index contributed by atoms with van der Waals surface area (Å²) in [6.45, 7) is 2.32. The van der Waals surface area contributed by atoms with Crippen molar-refractivity contribution >= 4 is 35.6 Å². The molecule has 136 valence electrons. The predicted molar refractivity (Wildman–Crippen MR) is 114 cm³/mol. The third-order valence-electron chi connectivity index (χ3n) is 3.62. The molecule has 25 heavy (non-hydrogen) atoms. The fourth-order valence-corrected chi connectivity index (χ4v) is 2.45. The maximum Gasteiger partial charge on any atom is 0.193 e. The Morgan fingerprint density at radius 1 is 1.08 bits per heavy atom. The van der Waals surface area contributed by atoms with Crippen molar-refractivity contribution in [3.8, 4) is 0 Å². The minimum absolute atomic E-state index is 0. The van der Waals surface area contributed by atoms with E-state index >= 15 is 0 Å². The summed E-state index contributed by atoms with van der Waals surface area (Å²) in [6.07, 6.45) is 0.974. The average molecular weight is 456 g/mol. The van der Waals surface area contributed by atoms with Crippen molar-refractivity contribution in [3.63, 3.8) is 0 Å². The van der Waals surface area contributed by atoms with Crippen molar-refractivity contribution in [2.24, 2.45) is 4.99 Å². The van der Waals surface area contributed by atoms with Gasteiger partial charge in [-0.25, -0.2) is 4.39 Å². The number of anilines is 1. The summed E-state index contributed by atoms with van der Waals surface area (Å²) in [7, 11) is 3.70. The molecule has 0 amide bonds. The summed E-state index contributed by atoms with van der Waals surface area (Å²) in [5.74, 6) is 0.592. The second kappa shape index (κ2) is 11.7. The summed E-state index contributed by atoms with van der Waals surface area (Å²) in [5, 5.41) is 6.71. The number of nitrogens with one attached hydrogen (secondary N) is 2. The molecule has 0 aromatic heterocycles.